The van der Waals surface area contributed by atoms with Crippen LogP contribution >= 0.6 is 0 Å². The number of ketones is 1. The van der Waals surface area contributed by atoms with Crippen LogP contribution in [0.2, 0.25) is 0 Å². The number of aromatic nitrogens is 2. The van der Waals surface area contributed by atoms with Crippen LogP contribution in [-0.2, 0) is 12.8 Å². The summed E-state index contributed by atoms with van der Waals surface area (Å²) in [7, 11) is 0. The number of rotatable bonds is 1. The Morgan fingerprint density at radius 1 is 1.35 bits per heavy atom. The zero-order valence-electron chi connectivity index (χ0n) is 11.4. The van der Waals surface area contributed by atoms with Crippen molar-refractivity contribution in [2.24, 2.45) is 0 Å². The number of benzene rings is 1. The third kappa shape index (κ3) is 1.68. The van der Waals surface area contributed by atoms with Crippen LogP contribution in [0.5, 0.6) is 5.75 Å². The first-order valence-electron chi connectivity index (χ1n) is 7.12. The second-order valence-electron chi connectivity index (χ2n) is 5.61. The van der Waals surface area contributed by atoms with Crippen molar-refractivity contribution in [3.05, 3.63) is 41.5 Å². The number of nitrogens with zero attached hydrogens (tertiary/aromatic N) is 2. The Bertz CT molecular complexity index is 702. The molecule has 2 heterocycles. The van der Waals surface area contributed by atoms with Gasteiger partial charge in [0.25, 0.3) is 0 Å². The van der Waals surface area contributed by atoms with Gasteiger partial charge >= 0.3 is 0 Å². The van der Waals surface area contributed by atoms with Crippen molar-refractivity contribution < 1.29 is 9.53 Å². The number of fused-ring (bicyclic) bond motifs is 2. The molecule has 4 heteroatoms. The topological polar surface area (TPSA) is 44.1 Å². The van der Waals surface area contributed by atoms with E-state index in [0.29, 0.717) is 6.42 Å². The molecule has 0 saturated heterocycles. The van der Waals surface area contributed by atoms with Crippen molar-refractivity contribution in [3.8, 4) is 11.4 Å². The Morgan fingerprint density at radius 2 is 2.25 bits per heavy atom. The lowest BCUT2D eigenvalue weighted by atomic mass is 9.99. The van der Waals surface area contributed by atoms with Crippen LogP contribution in [0.15, 0.2) is 24.5 Å². The molecule has 0 radical (unpaired) electrons. The van der Waals surface area contributed by atoms with Gasteiger partial charge in [-0.15, -0.1) is 0 Å². The summed E-state index contributed by atoms with van der Waals surface area (Å²) in [4.78, 5) is 16.5. The lowest BCUT2D eigenvalue weighted by Gasteiger charge is -2.13. The van der Waals surface area contributed by atoms with Crippen LogP contribution in [0.3, 0.4) is 0 Å². The molecule has 1 aromatic heterocycles. The Balaban J connectivity index is 1.81. The Labute approximate surface area is 117 Å². The minimum atomic E-state index is 0.203. The van der Waals surface area contributed by atoms with Crippen molar-refractivity contribution in [2.75, 3.05) is 0 Å². The summed E-state index contributed by atoms with van der Waals surface area (Å²) in [5.41, 5.74) is 3.92. The number of ether oxygens (including phenoxy) is 1. The fourth-order valence-corrected chi connectivity index (χ4v) is 3.15. The van der Waals surface area contributed by atoms with E-state index in [0.717, 1.165) is 42.1 Å². The Hall–Kier alpha value is -2.10. The van der Waals surface area contributed by atoms with Gasteiger partial charge in [-0.3, -0.25) is 9.36 Å². The van der Waals surface area contributed by atoms with Gasteiger partial charge in [-0.25, -0.2) is 4.98 Å². The van der Waals surface area contributed by atoms with Crippen LogP contribution in [0, 0.1) is 0 Å². The van der Waals surface area contributed by atoms with Crippen molar-refractivity contribution in [1.29, 1.82) is 0 Å². The molecule has 0 spiro atoms. The van der Waals surface area contributed by atoms with Crippen molar-refractivity contribution >= 4 is 5.78 Å². The van der Waals surface area contributed by atoms with Gasteiger partial charge in [0.05, 0.1) is 5.69 Å². The maximum Gasteiger partial charge on any atom is 0.181 e. The van der Waals surface area contributed by atoms with E-state index in [4.69, 9.17) is 4.74 Å². The summed E-state index contributed by atoms with van der Waals surface area (Å²) in [5, 5.41) is 0. The van der Waals surface area contributed by atoms with Crippen LogP contribution in [0.25, 0.3) is 5.69 Å². The zero-order chi connectivity index (χ0) is 13.7. The number of Topliss-reactive ketones (excluding diaryl/α,β-unsaturated/α-hetero) is 1. The van der Waals surface area contributed by atoms with Crippen molar-refractivity contribution in [1.82, 2.24) is 9.55 Å². The van der Waals surface area contributed by atoms with Gasteiger partial charge in [-0.05, 0) is 43.5 Å². The first-order chi connectivity index (χ1) is 9.72. The summed E-state index contributed by atoms with van der Waals surface area (Å²) in [6, 6.07) is 6.11. The molecule has 0 N–H and O–H groups in total. The molecule has 1 aromatic carbocycles. The van der Waals surface area contributed by atoms with Gasteiger partial charge in [0.15, 0.2) is 5.78 Å². The summed E-state index contributed by atoms with van der Waals surface area (Å²) in [6.07, 6.45) is 5.38. The van der Waals surface area contributed by atoms with Crippen molar-refractivity contribution in [3.63, 3.8) is 0 Å². The van der Waals surface area contributed by atoms with E-state index in [1.165, 1.54) is 5.56 Å². The minimum Gasteiger partial charge on any atom is -0.490 e. The molecule has 0 fully saturated rings. The highest BCUT2D eigenvalue weighted by atomic mass is 16.5. The molecule has 1 aliphatic heterocycles. The molecule has 0 unspecified atom stereocenters. The molecule has 2 aliphatic rings. The fraction of sp³-hybridized carbons (Fsp3) is 0.375. The van der Waals surface area contributed by atoms with Gasteiger partial charge in [0.1, 0.15) is 23.9 Å². The van der Waals surface area contributed by atoms with Crippen molar-refractivity contribution in [2.45, 2.75) is 38.7 Å². The van der Waals surface area contributed by atoms with Gasteiger partial charge in [-0.1, -0.05) is 0 Å². The average Bonchev–Trinajstić information content (AvgIpc) is 3.00. The second-order valence-corrected chi connectivity index (χ2v) is 5.61. The molecule has 4 nitrogen and oxygen atoms in total. The Kier molecular flexibility index (Phi) is 2.46. The van der Waals surface area contributed by atoms with Crippen LogP contribution in [0.4, 0.5) is 0 Å². The molecule has 4 rings (SSSR count). The smallest absolute Gasteiger partial charge is 0.181 e. The first-order valence-corrected chi connectivity index (χ1v) is 7.12. The van der Waals surface area contributed by atoms with Gasteiger partial charge in [0.2, 0.25) is 0 Å². The molecule has 2 aromatic rings. The molecule has 1 aliphatic carbocycles. The van der Waals surface area contributed by atoms with Crippen LogP contribution < -0.4 is 4.74 Å². The first kappa shape index (κ1) is 11.7. The summed E-state index contributed by atoms with van der Waals surface area (Å²) in [6.45, 7) is 2.07. The zero-order valence-corrected chi connectivity index (χ0v) is 11.4. The highest BCUT2D eigenvalue weighted by Gasteiger charge is 2.25. The molecule has 0 bridgehead atoms. The molecule has 102 valence electrons. The monoisotopic (exact) mass is 268 g/mol. The number of aryl methyl sites for hydroxylation is 1. The predicted molar refractivity (Wildman–Crippen MR) is 74.6 cm³/mol. The predicted octanol–water partition coefficient (Wildman–Crippen LogP) is 2.71. The molecule has 20 heavy (non-hydrogen) atoms. The van der Waals surface area contributed by atoms with Gasteiger partial charge in [0, 0.05) is 18.5 Å². The maximum atomic E-state index is 12.1. The van der Waals surface area contributed by atoms with E-state index in [9.17, 15) is 4.79 Å². The van der Waals surface area contributed by atoms with E-state index in [1.807, 2.05) is 16.7 Å². The van der Waals surface area contributed by atoms with Gasteiger partial charge < -0.3 is 4.74 Å². The van der Waals surface area contributed by atoms with Crippen LogP contribution in [0.1, 0.15) is 41.5 Å². The third-order valence-corrected chi connectivity index (χ3v) is 4.08. The van der Waals surface area contributed by atoms with E-state index in [-0.39, 0.29) is 11.9 Å². The van der Waals surface area contributed by atoms with E-state index in [2.05, 4.69) is 18.0 Å². The largest absolute Gasteiger partial charge is 0.490 e. The highest BCUT2D eigenvalue weighted by Crippen LogP contribution is 2.31. The Morgan fingerprint density at radius 3 is 3.15 bits per heavy atom. The molecular formula is C16H16N2O2. The lowest BCUT2D eigenvalue weighted by molar-refractivity contribution is 0.0965. The highest BCUT2D eigenvalue weighted by molar-refractivity contribution is 5.97. The minimum absolute atomic E-state index is 0.203. The normalized spacial score (nSPS) is 20.4. The SMILES string of the molecule is C[C@H]1Cc2cc(-n3cnc4c3C(=O)CCC4)ccc2O1. The summed E-state index contributed by atoms with van der Waals surface area (Å²) < 4.78 is 7.65. The molecule has 1 atom stereocenters. The molecular weight excluding hydrogens is 252 g/mol. The standard InChI is InChI=1S/C16H16N2O2/c1-10-7-11-8-12(5-6-15(11)20-10)18-9-17-13-3-2-4-14(19)16(13)18/h5-6,8-10H,2-4,7H2,1H3/t10-/m0/s1. The van der Waals surface area contributed by atoms with E-state index < -0.39 is 0 Å². The number of hydrogen-bond donors (Lipinski definition) is 0. The maximum absolute atomic E-state index is 12.1. The summed E-state index contributed by atoms with van der Waals surface area (Å²) >= 11 is 0. The molecule has 0 amide bonds. The number of imidazole rings is 1. The lowest BCUT2D eigenvalue weighted by Crippen LogP contribution is -2.14. The second kappa shape index (κ2) is 4.20. The van der Waals surface area contributed by atoms with Gasteiger partial charge in [-0.2, -0.15) is 0 Å². The quantitative estimate of drug-likeness (QED) is 0.798. The molecule has 0 saturated carbocycles. The number of carbonyl (C=O) groups is 1. The van der Waals surface area contributed by atoms with Crippen LogP contribution in [-0.4, -0.2) is 21.4 Å². The fourth-order valence-electron chi connectivity index (χ4n) is 3.15. The number of carbonyl (C=O) groups excluding carboxylic acids is 1. The summed E-state index contributed by atoms with van der Waals surface area (Å²) in [5.74, 6) is 1.16. The van der Waals surface area contributed by atoms with E-state index in [1.54, 1.807) is 6.33 Å². The number of hydrogen-bond acceptors (Lipinski definition) is 3. The van der Waals surface area contributed by atoms with E-state index >= 15 is 0 Å². The third-order valence-electron chi connectivity index (χ3n) is 4.08. The average molecular weight is 268 g/mol.